The fourth-order valence-electron chi connectivity index (χ4n) is 1.66. The summed E-state index contributed by atoms with van der Waals surface area (Å²) in [6.45, 7) is 7.00. The molecule has 0 aliphatic rings. The van der Waals surface area contributed by atoms with Gasteiger partial charge in [0.25, 0.3) is 0 Å². The molecule has 0 aromatic carbocycles. The number of hydrogen-bond donors (Lipinski definition) is 0. The summed E-state index contributed by atoms with van der Waals surface area (Å²) in [6, 6.07) is 0. The zero-order chi connectivity index (χ0) is 13.5. The smallest absolute Gasteiger partial charge is 0.0689 e. The van der Waals surface area contributed by atoms with E-state index in [0.29, 0.717) is 0 Å². The predicted molar refractivity (Wildman–Crippen MR) is 75.3 cm³/mol. The Balaban J connectivity index is 0. The van der Waals surface area contributed by atoms with Crippen LogP contribution >= 0.6 is 0 Å². The topological polar surface area (TPSA) is 66.2 Å². The van der Waals surface area contributed by atoms with Crippen molar-refractivity contribution in [2.45, 2.75) is 72.6 Å². The van der Waals surface area contributed by atoms with Gasteiger partial charge >= 0.3 is 92.4 Å². The molecular weight excluding hydrogens is 325 g/mol. The van der Waals surface area contributed by atoms with Gasteiger partial charge in [0.1, 0.15) is 0 Å². The Bertz CT molecular complexity index is 145. The minimum atomic E-state index is -1.75. The molecule has 0 atom stereocenters. The first-order chi connectivity index (χ1) is 8.08. The van der Waals surface area contributed by atoms with Crippen LogP contribution in [0.3, 0.4) is 0 Å². The van der Waals surface area contributed by atoms with E-state index in [4.69, 9.17) is 15.3 Å². The average Bonchev–Trinajstić information content (AvgIpc) is 2.27. The van der Waals surface area contributed by atoms with E-state index in [1.54, 1.807) is 13.3 Å². The van der Waals surface area contributed by atoms with Crippen molar-refractivity contribution in [3.8, 4) is 0 Å². The maximum absolute atomic E-state index is 8.25. The van der Waals surface area contributed by atoms with Crippen LogP contribution in [0.4, 0.5) is 0 Å². The van der Waals surface area contributed by atoms with E-state index >= 15 is 0 Å². The van der Waals surface area contributed by atoms with Gasteiger partial charge in [0.05, 0.1) is 5.09 Å². The van der Waals surface area contributed by atoms with Gasteiger partial charge in [0.2, 0.25) is 0 Å². The monoisotopic (exact) mass is 353 g/mol. The van der Waals surface area contributed by atoms with Crippen LogP contribution in [-0.2, 0) is 0 Å². The summed E-state index contributed by atoms with van der Waals surface area (Å²) < 4.78 is 5.04. The second-order valence-electron chi connectivity index (χ2n) is 4.28. The molecule has 0 spiro atoms. The van der Waals surface area contributed by atoms with Gasteiger partial charge in [0.15, 0.2) is 0 Å². The second-order valence-corrected chi connectivity index (χ2v) is 12.8. The van der Waals surface area contributed by atoms with Crippen molar-refractivity contribution in [3.63, 3.8) is 0 Å². The molecule has 0 saturated carbocycles. The maximum atomic E-state index is 8.25. The van der Waals surface area contributed by atoms with E-state index < -0.39 is 24.8 Å². The Kier molecular flexibility index (Phi) is 18.2. The van der Waals surface area contributed by atoms with Gasteiger partial charge in [-0.3, -0.25) is 0 Å². The summed E-state index contributed by atoms with van der Waals surface area (Å²) in [4.78, 5) is 8.25. The summed E-state index contributed by atoms with van der Waals surface area (Å²) in [6.07, 6.45) is 8.85. The van der Waals surface area contributed by atoms with E-state index in [1.165, 1.54) is 38.5 Å². The number of hydrogen-bond acceptors (Lipinski definition) is 3. The molecule has 0 amide bonds. The van der Waals surface area contributed by atoms with E-state index in [-0.39, 0.29) is 0 Å². The van der Waals surface area contributed by atoms with Gasteiger partial charge in [-0.1, -0.05) is 0 Å². The van der Waals surface area contributed by atoms with Crippen molar-refractivity contribution < 1.29 is 5.09 Å². The fraction of sp³-hybridized carbons (Fsp3) is 1.00. The molecule has 0 radical (unpaired) electrons. The zero-order valence-corrected chi connectivity index (χ0v) is 14.4. The number of rotatable bonds is 9. The van der Waals surface area contributed by atoms with Crippen molar-refractivity contribution >= 4 is 19.8 Å². The van der Waals surface area contributed by atoms with Gasteiger partial charge < -0.3 is 15.3 Å². The first kappa shape index (κ1) is 19.3. The molecule has 0 unspecified atom stereocenters. The molecular formula is C12H27NO3Sn. The third kappa shape index (κ3) is 21.8. The van der Waals surface area contributed by atoms with Crippen molar-refractivity contribution in [2.24, 2.45) is 0 Å². The van der Waals surface area contributed by atoms with Crippen LogP contribution in [0.2, 0.25) is 13.3 Å². The third-order valence-electron chi connectivity index (χ3n) is 2.65. The molecule has 0 saturated heterocycles. The fourth-order valence-corrected chi connectivity index (χ4v) is 11.1. The Morgan fingerprint density at radius 3 is 1.24 bits per heavy atom. The van der Waals surface area contributed by atoms with Crippen molar-refractivity contribution in [3.05, 3.63) is 15.3 Å². The minimum absolute atomic E-state index is 0.839. The van der Waals surface area contributed by atoms with Crippen LogP contribution < -0.4 is 0 Å². The Labute approximate surface area is 113 Å². The SMILES string of the molecule is CCC[CH2][Sn+]([CH2]CCC)[CH2]CCC.O=[N+]([O-])[O-]. The van der Waals surface area contributed by atoms with E-state index in [0.717, 1.165) is 0 Å². The molecule has 0 fully saturated rings. The van der Waals surface area contributed by atoms with Crippen LogP contribution in [0.15, 0.2) is 0 Å². The molecule has 17 heavy (non-hydrogen) atoms. The summed E-state index contributed by atoms with van der Waals surface area (Å²) in [5, 5.41) is 14.8. The molecule has 0 aliphatic heterocycles. The van der Waals surface area contributed by atoms with Crippen LogP contribution in [-0.4, -0.2) is 24.8 Å². The molecule has 0 bridgehead atoms. The molecule has 102 valence electrons. The molecule has 0 aromatic heterocycles. The molecule has 5 heteroatoms. The van der Waals surface area contributed by atoms with Gasteiger partial charge in [-0.05, 0) is 0 Å². The van der Waals surface area contributed by atoms with Gasteiger partial charge in [0, 0.05) is 0 Å². The molecule has 4 nitrogen and oxygen atoms in total. The van der Waals surface area contributed by atoms with Crippen LogP contribution in [0.1, 0.15) is 59.3 Å². The van der Waals surface area contributed by atoms with Gasteiger partial charge in [-0.15, -0.1) is 0 Å². The van der Waals surface area contributed by atoms with Crippen LogP contribution in [0.25, 0.3) is 0 Å². The minimum Gasteiger partial charge on any atom is -0.356 e. The Hall–Kier alpha value is -0.00130. The van der Waals surface area contributed by atoms with Gasteiger partial charge in [-0.25, -0.2) is 0 Å². The number of unbranched alkanes of at least 4 members (excludes halogenated alkanes) is 3. The van der Waals surface area contributed by atoms with Crippen molar-refractivity contribution in [1.82, 2.24) is 0 Å². The summed E-state index contributed by atoms with van der Waals surface area (Å²) in [5.74, 6) is 0. The van der Waals surface area contributed by atoms with Crippen LogP contribution in [0.5, 0.6) is 0 Å². The molecule has 0 aromatic rings. The summed E-state index contributed by atoms with van der Waals surface area (Å²) in [5.41, 5.74) is 0. The molecule has 0 heterocycles. The largest absolute Gasteiger partial charge is 0.356 e. The molecule has 0 rings (SSSR count). The van der Waals surface area contributed by atoms with Crippen LogP contribution in [0, 0.1) is 15.3 Å². The maximum Gasteiger partial charge on any atom is 0.0689 e. The molecule has 0 aliphatic carbocycles. The zero-order valence-electron chi connectivity index (χ0n) is 11.5. The second kappa shape index (κ2) is 16.0. The Morgan fingerprint density at radius 2 is 1.06 bits per heavy atom. The summed E-state index contributed by atoms with van der Waals surface area (Å²) in [7, 11) is 0. The predicted octanol–water partition coefficient (Wildman–Crippen LogP) is 4.64. The first-order valence-corrected chi connectivity index (χ1v) is 12.8. The van der Waals surface area contributed by atoms with E-state index in [1.807, 2.05) is 0 Å². The normalized spacial score (nSPS) is 9.35. The van der Waals surface area contributed by atoms with Crippen molar-refractivity contribution in [1.29, 1.82) is 0 Å². The number of nitrogens with zero attached hydrogens (tertiary/aromatic N) is 1. The summed E-state index contributed by atoms with van der Waals surface area (Å²) >= 11 is -0.839. The van der Waals surface area contributed by atoms with E-state index in [2.05, 4.69) is 20.8 Å². The third-order valence-corrected chi connectivity index (χ3v) is 11.7. The van der Waals surface area contributed by atoms with E-state index in [9.17, 15) is 0 Å². The first-order valence-electron chi connectivity index (χ1n) is 6.73. The molecule has 0 N–H and O–H groups in total. The van der Waals surface area contributed by atoms with Gasteiger partial charge in [-0.2, -0.15) is 0 Å². The standard InChI is InChI=1S/3C4H9.NO3.Sn/c3*1-3-4-2;2-1(3)4;/h3*1,3-4H2,2H3;;/q;;;-1;+1. The quantitative estimate of drug-likeness (QED) is 0.345. The Morgan fingerprint density at radius 1 is 0.824 bits per heavy atom. The van der Waals surface area contributed by atoms with Crippen molar-refractivity contribution in [2.75, 3.05) is 0 Å². The average molecular weight is 352 g/mol.